The molecule has 0 radical (unpaired) electrons. The molecule has 10 heteroatoms. The van der Waals surface area contributed by atoms with Gasteiger partial charge in [-0.15, -0.1) is 0 Å². The molecule has 0 heterocycles. The van der Waals surface area contributed by atoms with Crippen molar-refractivity contribution in [3.63, 3.8) is 0 Å². The van der Waals surface area contributed by atoms with E-state index in [9.17, 15) is 19.0 Å². The van der Waals surface area contributed by atoms with E-state index in [0.717, 1.165) is 64.2 Å². The van der Waals surface area contributed by atoms with Gasteiger partial charge < -0.3 is 18.9 Å². The topological polar surface area (TPSA) is 108 Å². The number of hydrogen-bond donors (Lipinski definition) is 1. The molecule has 1 N–H and O–H groups in total. The van der Waals surface area contributed by atoms with Crippen molar-refractivity contribution in [3.8, 4) is 0 Å². The summed E-state index contributed by atoms with van der Waals surface area (Å²) in [6.07, 6.45) is 86.9. The summed E-state index contributed by atoms with van der Waals surface area (Å²) >= 11 is 0. The predicted molar refractivity (Wildman–Crippen MR) is 353 cm³/mol. The van der Waals surface area contributed by atoms with Gasteiger partial charge in [0.05, 0.1) is 27.7 Å². The van der Waals surface area contributed by atoms with Crippen LogP contribution in [0, 0.1) is 0 Å². The minimum absolute atomic E-state index is 0.0184. The summed E-state index contributed by atoms with van der Waals surface area (Å²) in [4.78, 5) is 35.7. The number of hydrogen-bond acceptors (Lipinski definition) is 7. The number of carbonyl (C=O) groups excluding carboxylic acids is 2. The molecule has 0 aromatic heterocycles. The maximum atomic E-state index is 12.8. The molecule has 0 saturated heterocycles. The average Bonchev–Trinajstić information content (AvgIpc) is 3.46. The molecule has 474 valence electrons. The van der Waals surface area contributed by atoms with Crippen molar-refractivity contribution in [2.45, 2.75) is 302 Å². The van der Waals surface area contributed by atoms with Gasteiger partial charge >= 0.3 is 19.8 Å². The van der Waals surface area contributed by atoms with E-state index in [1.807, 2.05) is 21.1 Å². The third kappa shape index (κ3) is 66.1. The van der Waals surface area contributed by atoms with Gasteiger partial charge in [0.2, 0.25) is 0 Å². The maximum absolute atomic E-state index is 12.8. The minimum atomic E-state index is -4.41. The molecule has 2 atom stereocenters. The zero-order valence-electron chi connectivity index (χ0n) is 54.0. The maximum Gasteiger partial charge on any atom is 0.472 e. The van der Waals surface area contributed by atoms with Gasteiger partial charge in [-0.1, -0.05) is 291 Å². The van der Waals surface area contributed by atoms with E-state index in [-0.39, 0.29) is 32.0 Å². The highest BCUT2D eigenvalue weighted by Crippen LogP contribution is 2.43. The lowest BCUT2D eigenvalue weighted by molar-refractivity contribution is -0.870. The fourth-order valence-corrected chi connectivity index (χ4v) is 10.2. The van der Waals surface area contributed by atoms with Gasteiger partial charge in [-0.05, 0) is 89.9 Å². The first-order valence-electron chi connectivity index (χ1n) is 34.0. The van der Waals surface area contributed by atoms with E-state index < -0.39 is 26.5 Å². The van der Waals surface area contributed by atoms with Crippen molar-refractivity contribution in [1.29, 1.82) is 0 Å². The number of quaternary nitrogens is 1. The number of esters is 2. The number of ether oxygens (including phenoxy) is 2. The normalized spacial score (nSPS) is 13.8. The first kappa shape index (κ1) is 78.9. The molecule has 0 spiro atoms. The van der Waals surface area contributed by atoms with Crippen LogP contribution >= 0.6 is 7.82 Å². The Morgan fingerprint density at radius 3 is 1.07 bits per heavy atom. The number of rotatable bonds is 62. The quantitative estimate of drug-likeness (QED) is 0.0211. The van der Waals surface area contributed by atoms with E-state index in [1.165, 1.54) is 193 Å². The summed E-state index contributed by atoms with van der Waals surface area (Å²) in [6.45, 7) is 4.26. The van der Waals surface area contributed by atoms with Gasteiger partial charge in [0.1, 0.15) is 19.8 Å². The van der Waals surface area contributed by atoms with Gasteiger partial charge in [0.15, 0.2) is 6.10 Å². The largest absolute Gasteiger partial charge is 0.472 e. The van der Waals surface area contributed by atoms with Crippen LogP contribution in [0.1, 0.15) is 296 Å². The molecule has 2 unspecified atom stereocenters. The van der Waals surface area contributed by atoms with Crippen molar-refractivity contribution < 1.29 is 42.1 Å². The third-order valence-corrected chi connectivity index (χ3v) is 15.6. The van der Waals surface area contributed by atoms with E-state index in [1.54, 1.807) is 0 Å². The molecule has 0 aliphatic carbocycles. The van der Waals surface area contributed by atoms with Gasteiger partial charge in [0.25, 0.3) is 0 Å². The van der Waals surface area contributed by atoms with Crippen LogP contribution < -0.4 is 0 Å². The van der Waals surface area contributed by atoms with Gasteiger partial charge in [-0.25, -0.2) is 4.57 Å². The Morgan fingerprint density at radius 1 is 0.390 bits per heavy atom. The van der Waals surface area contributed by atoms with Gasteiger partial charge in [0, 0.05) is 12.8 Å². The van der Waals surface area contributed by atoms with Crippen LogP contribution in [0.4, 0.5) is 0 Å². The number of nitrogens with zero attached hydrogens (tertiary/aromatic N) is 1. The standard InChI is InChI=1S/C72H128NO8P/c1-6-8-10-12-14-16-18-20-22-24-25-26-27-28-29-30-31-32-33-34-35-36-37-38-39-40-41-42-43-44-45-46-47-49-50-52-54-56-58-60-62-64-71(74)78-68-70(69-80-82(76,77)79-67-66-73(3,4)5)81-72(75)65-63-61-59-57-55-53-51-48-23-21-19-17-15-13-11-9-7-2/h9,11,15,17-18,20-21,23-25,27-28,51,53,57,59,70H,6-8,10,12-14,16,19,22,26,29-50,52,54-56,58,60-69H2,1-5H3/p+1/b11-9-,17-15-,20-18-,23-21-,25-24-,28-27-,53-51-,59-57-. The number of unbranched alkanes of at least 4 members (excludes halogenated alkanes) is 32. The van der Waals surface area contributed by atoms with Crippen LogP contribution in [0.5, 0.6) is 0 Å². The summed E-state index contributed by atoms with van der Waals surface area (Å²) in [6, 6.07) is 0. The van der Waals surface area contributed by atoms with E-state index >= 15 is 0 Å². The Kier molecular flexibility index (Phi) is 60.1. The molecule has 0 amide bonds. The summed E-state index contributed by atoms with van der Waals surface area (Å²) < 4.78 is 34.5. The third-order valence-electron chi connectivity index (χ3n) is 14.6. The van der Waals surface area contributed by atoms with Crippen molar-refractivity contribution in [2.75, 3.05) is 47.5 Å². The van der Waals surface area contributed by atoms with Crippen LogP contribution in [0.25, 0.3) is 0 Å². The van der Waals surface area contributed by atoms with Crippen LogP contribution in [-0.4, -0.2) is 74.9 Å². The van der Waals surface area contributed by atoms with Crippen molar-refractivity contribution >= 4 is 19.8 Å². The highest BCUT2D eigenvalue weighted by atomic mass is 31.2. The molecule has 82 heavy (non-hydrogen) atoms. The average molecular weight is 1170 g/mol. The minimum Gasteiger partial charge on any atom is -0.462 e. The smallest absolute Gasteiger partial charge is 0.462 e. The Labute approximate surface area is 506 Å². The van der Waals surface area contributed by atoms with Crippen molar-refractivity contribution in [1.82, 2.24) is 0 Å². The van der Waals surface area contributed by atoms with E-state index in [4.69, 9.17) is 18.5 Å². The molecule has 9 nitrogen and oxygen atoms in total. The molecular formula is C72H129NO8P+. The van der Waals surface area contributed by atoms with Crippen LogP contribution in [0.3, 0.4) is 0 Å². The Bertz CT molecular complexity index is 1710. The van der Waals surface area contributed by atoms with Gasteiger partial charge in [-0.2, -0.15) is 0 Å². The van der Waals surface area contributed by atoms with Crippen LogP contribution in [0.2, 0.25) is 0 Å². The number of phosphoric acid groups is 1. The molecule has 0 bridgehead atoms. The lowest BCUT2D eigenvalue weighted by atomic mass is 10.0. The number of likely N-dealkylation sites (N-methyl/N-ethyl adjacent to an activating group) is 1. The molecule has 0 aromatic carbocycles. The summed E-state index contributed by atoms with van der Waals surface area (Å²) in [7, 11) is 1.44. The SMILES string of the molecule is CC/C=C\C/C=C\C/C=C\C/C=C\C/C=C\CCCC(=O)OC(COC(=O)CCCCCCCCCCCCCCCCCCCCCCCCCCCC/C=C\C/C=C\C/C=C\CCCCCCC)COP(=O)(O)OCC[N+](C)(C)C. The predicted octanol–water partition coefficient (Wildman–Crippen LogP) is 21.9. The van der Waals surface area contributed by atoms with E-state index in [2.05, 4.69) is 111 Å². The molecule has 0 aliphatic heterocycles. The Hall–Kier alpha value is -3.07. The molecule has 0 fully saturated rings. The summed E-state index contributed by atoms with van der Waals surface area (Å²) in [5, 5.41) is 0. The molecule has 0 saturated carbocycles. The zero-order valence-corrected chi connectivity index (χ0v) is 54.8. The molecule has 0 rings (SSSR count). The van der Waals surface area contributed by atoms with Crippen molar-refractivity contribution in [3.05, 3.63) is 97.2 Å². The Morgan fingerprint density at radius 2 is 0.707 bits per heavy atom. The number of allylic oxidation sites excluding steroid dienone is 16. The highest BCUT2D eigenvalue weighted by Gasteiger charge is 2.27. The van der Waals surface area contributed by atoms with Crippen molar-refractivity contribution in [2.24, 2.45) is 0 Å². The van der Waals surface area contributed by atoms with Gasteiger partial charge in [-0.3, -0.25) is 18.6 Å². The van der Waals surface area contributed by atoms with E-state index in [0.29, 0.717) is 23.9 Å². The lowest BCUT2D eigenvalue weighted by Gasteiger charge is -2.24. The fourth-order valence-electron chi connectivity index (χ4n) is 9.41. The molecular weight excluding hydrogens is 1040 g/mol. The number of phosphoric ester groups is 1. The zero-order chi connectivity index (χ0) is 59.8. The summed E-state index contributed by atoms with van der Waals surface area (Å²) in [5.41, 5.74) is 0. The first-order valence-corrected chi connectivity index (χ1v) is 35.5. The first-order chi connectivity index (χ1) is 40.0. The Balaban J connectivity index is 3.92. The fraction of sp³-hybridized carbons (Fsp3) is 0.750. The second-order valence-electron chi connectivity index (χ2n) is 23.8. The summed E-state index contributed by atoms with van der Waals surface area (Å²) in [5.74, 6) is -0.861. The second kappa shape index (κ2) is 62.5. The van der Waals surface area contributed by atoms with Crippen LogP contribution in [-0.2, 0) is 32.7 Å². The van der Waals surface area contributed by atoms with Crippen LogP contribution in [0.15, 0.2) is 97.2 Å². The second-order valence-corrected chi connectivity index (χ2v) is 25.3. The highest BCUT2D eigenvalue weighted by molar-refractivity contribution is 7.47. The molecule has 0 aromatic rings. The molecule has 0 aliphatic rings. The number of carbonyl (C=O) groups is 2. The lowest BCUT2D eigenvalue weighted by Crippen LogP contribution is -2.37. The monoisotopic (exact) mass is 1170 g/mol.